The number of ether oxygens (including phenoxy) is 1. The van der Waals surface area contributed by atoms with Crippen LogP contribution in [0.2, 0.25) is 0 Å². The largest absolute Gasteiger partial charge is 0.381 e. The molecule has 88 valence electrons. The molecule has 0 spiro atoms. The highest BCUT2D eigenvalue weighted by Crippen LogP contribution is 2.44. The maximum atomic E-state index is 5.91. The Balaban J connectivity index is 1.74. The summed E-state index contributed by atoms with van der Waals surface area (Å²) in [6.07, 6.45) is 5.01. The highest BCUT2D eigenvalue weighted by atomic mass is 16.5. The fourth-order valence-corrected chi connectivity index (χ4v) is 2.28. The Morgan fingerprint density at radius 3 is 2.33 bits per heavy atom. The van der Waals surface area contributed by atoms with E-state index in [0.29, 0.717) is 10.8 Å². The highest BCUT2D eigenvalue weighted by Gasteiger charge is 2.38. The van der Waals surface area contributed by atoms with Crippen molar-refractivity contribution in [2.24, 2.45) is 16.6 Å². The average molecular weight is 212 g/mol. The minimum Gasteiger partial charge on any atom is -0.381 e. The molecule has 1 aliphatic heterocycles. The number of rotatable bonds is 5. The van der Waals surface area contributed by atoms with Gasteiger partial charge in [-0.05, 0) is 43.1 Å². The highest BCUT2D eigenvalue weighted by molar-refractivity contribution is 4.92. The average Bonchev–Trinajstić information content (AvgIpc) is 2.98. The summed E-state index contributed by atoms with van der Waals surface area (Å²) in [5.41, 5.74) is 6.82. The van der Waals surface area contributed by atoms with E-state index >= 15 is 0 Å². The van der Waals surface area contributed by atoms with Gasteiger partial charge in [-0.15, -0.1) is 0 Å². The summed E-state index contributed by atoms with van der Waals surface area (Å²) in [5, 5.41) is 3.61. The lowest BCUT2D eigenvalue weighted by Crippen LogP contribution is -2.45. The van der Waals surface area contributed by atoms with Gasteiger partial charge in [0.1, 0.15) is 0 Å². The molecule has 2 aliphatic rings. The van der Waals surface area contributed by atoms with E-state index in [1.54, 1.807) is 0 Å². The molecule has 0 unspecified atom stereocenters. The SMILES string of the molecule is CC1(CNCC2(CN)CCOCC2)CC1. The zero-order chi connectivity index (χ0) is 10.8. The lowest BCUT2D eigenvalue weighted by Gasteiger charge is -2.36. The van der Waals surface area contributed by atoms with Gasteiger partial charge in [-0.1, -0.05) is 6.92 Å². The van der Waals surface area contributed by atoms with Crippen LogP contribution >= 0.6 is 0 Å². The maximum absolute atomic E-state index is 5.91. The zero-order valence-corrected chi connectivity index (χ0v) is 9.85. The second kappa shape index (κ2) is 4.40. The van der Waals surface area contributed by atoms with Crippen molar-refractivity contribution in [1.82, 2.24) is 5.32 Å². The van der Waals surface area contributed by atoms with Crippen molar-refractivity contribution in [3.63, 3.8) is 0 Å². The van der Waals surface area contributed by atoms with Gasteiger partial charge in [0.05, 0.1) is 0 Å². The third-order valence-electron chi connectivity index (χ3n) is 4.14. The second-order valence-corrected chi connectivity index (χ2v) is 5.73. The molecule has 1 aliphatic carbocycles. The summed E-state index contributed by atoms with van der Waals surface area (Å²) in [4.78, 5) is 0. The molecular formula is C12H24N2O. The number of hydrogen-bond donors (Lipinski definition) is 2. The minimum absolute atomic E-state index is 0.309. The van der Waals surface area contributed by atoms with Gasteiger partial charge < -0.3 is 15.8 Å². The van der Waals surface area contributed by atoms with Crippen molar-refractivity contribution in [2.45, 2.75) is 32.6 Å². The van der Waals surface area contributed by atoms with E-state index in [9.17, 15) is 0 Å². The molecule has 2 rings (SSSR count). The first-order valence-electron chi connectivity index (χ1n) is 6.17. The van der Waals surface area contributed by atoms with Gasteiger partial charge >= 0.3 is 0 Å². The van der Waals surface area contributed by atoms with Crippen molar-refractivity contribution in [3.05, 3.63) is 0 Å². The topological polar surface area (TPSA) is 47.3 Å². The summed E-state index contributed by atoms with van der Waals surface area (Å²) in [5.74, 6) is 0. The Labute approximate surface area is 92.7 Å². The molecule has 0 amide bonds. The van der Waals surface area contributed by atoms with Crippen LogP contribution in [-0.4, -0.2) is 32.8 Å². The van der Waals surface area contributed by atoms with Crippen LogP contribution in [0.5, 0.6) is 0 Å². The Morgan fingerprint density at radius 2 is 1.80 bits per heavy atom. The van der Waals surface area contributed by atoms with Gasteiger partial charge in [-0.3, -0.25) is 0 Å². The molecule has 0 aromatic heterocycles. The van der Waals surface area contributed by atoms with Gasteiger partial charge in [0.15, 0.2) is 0 Å². The number of nitrogens with two attached hydrogens (primary N) is 1. The molecule has 2 fully saturated rings. The third-order valence-corrected chi connectivity index (χ3v) is 4.14. The van der Waals surface area contributed by atoms with E-state index in [1.807, 2.05) is 0 Å². The van der Waals surface area contributed by atoms with Crippen LogP contribution in [0.4, 0.5) is 0 Å². The summed E-state index contributed by atoms with van der Waals surface area (Å²) in [7, 11) is 0. The Kier molecular flexibility index (Phi) is 3.33. The molecule has 0 aromatic rings. The molecule has 0 aromatic carbocycles. The summed E-state index contributed by atoms with van der Waals surface area (Å²) in [6, 6.07) is 0. The first-order chi connectivity index (χ1) is 7.18. The molecule has 0 radical (unpaired) electrons. The monoisotopic (exact) mass is 212 g/mol. The van der Waals surface area contributed by atoms with Crippen LogP contribution in [0.25, 0.3) is 0 Å². The van der Waals surface area contributed by atoms with E-state index in [1.165, 1.54) is 12.8 Å². The molecule has 0 bridgehead atoms. The molecular weight excluding hydrogens is 188 g/mol. The first kappa shape index (κ1) is 11.4. The Bertz CT molecular complexity index is 208. The predicted octanol–water partition coefficient (Wildman–Crippen LogP) is 1.13. The third kappa shape index (κ3) is 2.92. The van der Waals surface area contributed by atoms with Crippen molar-refractivity contribution < 1.29 is 4.74 Å². The van der Waals surface area contributed by atoms with Crippen molar-refractivity contribution >= 4 is 0 Å². The molecule has 0 atom stereocenters. The van der Waals surface area contributed by atoms with Gasteiger partial charge in [0.2, 0.25) is 0 Å². The smallest absolute Gasteiger partial charge is 0.0472 e. The normalized spacial score (nSPS) is 27.6. The van der Waals surface area contributed by atoms with Crippen molar-refractivity contribution in [1.29, 1.82) is 0 Å². The van der Waals surface area contributed by atoms with Crippen LogP contribution in [-0.2, 0) is 4.74 Å². The molecule has 3 N–H and O–H groups in total. The number of hydrogen-bond acceptors (Lipinski definition) is 3. The molecule has 3 heteroatoms. The molecule has 1 heterocycles. The molecule has 1 saturated heterocycles. The van der Waals surface area contributed by atoms with E-state index in [-0.39, 0.29) is 0 Å². The maximum Gasteiger partial charge on any atom is 0.0472 e. The van der Waals surface area contributed by atoms with Gasteiger partial charge in [-0.25, -0.2) is 0 Å². The predicted molar refractivity (Wildman–Crippen MR) is 61.8 cm³/mol. The van der Waals surface area contributed by atoms with E-state index < -0.39 is 0 Å². The standard InChI is InChI=1S/C12H24N2O/c1-11(2-3-11)9-14-10-12(8-13)4-6-15-7-5-12/h14H,2-10,13H2,1H3. The minimum atomic E-state index is 0.309. The van der Waals surface area contributed by atoms with Crippen LogP contribution in [0.3, 0.4) is 0 Å². The van der Waals surface area contributed by atoms with Crippen LogP contribution in [0.15, 0.2) is 0 Å². The second-order valence-electron chi connectivity index (χ2n) is 5.73. The van der Waals surface area contributed by atoms with Crippen molar-refractivity contribution in [3.8, 4) is 0 Å². The van der Waals surface area contributed by atoms with Gasteiger partial charge in [0, 0.05) is 26.3 Å². The number of nitrogens with one attached hydrogen (secondary N) is 1. The van der Waals surface area contributed by atoms with Crippen molar-refractivity contribution in [2.75, 3.05) is 32.8 Å². The summed E-state index contributed by atoms with van der Waals surface area (Å²) < 4.78 is 5.40. The quantitative estimate of drug-likeness (QED) is 0.718. The zero-order valence-electron chi connectivity index (χ0n) is 9.85. The molecule has 3 nitrogen and oxygen atoms in total. The van der Waals surface area contributed by atoms with E-state index in [0.717, 1.165) is 45.7 Å². The lowest BCUT2D eigenvalue weighted by molar-refractivity contribution is 0.0188. The van der Waals surface area contributed by atoms with Crippen LogP contribution < -0.4 is 11.1 Å². The lowest BCUT2D eigenvalue weighted by atomic mass is 9.80. The first-order valence-corrected chi connectivity index (χ1v) is 6.17. The van der Waals surface area contributed by atoms with E-state index in [2.05, 4.69) is 12.2 Å². The van der Waals surface area contributed by atoms with Gasteiger partial charge in [0.25, 0.3) is 0 Å². The van der Waals surface area contributed by atoms with E-state index in [4.69, 9.17) is 10.5 Å². The fourth-order valence-electron chi connectivity index (χ4n) is 2.28. The van der Waals surface area contributed by atoms with Crippen LogP contribution in [0.1, 0.15) is 32.6 Å². The summed E-state index contributed by atoms with van der Waals surface area (Å²) >= 11 is 0. The Morgan fingerprint density at radius 1 is 1.13 bits per heavy atom. The Hall–Kier alpha value is -0.120. The molecule has 1 saturated carbocycles. The fraction of sp³-hybridized carbons (Fsp3) is 1.00. The van der Waals surface area contributed by atoms with Crippen LogP contribution in [0, 0.1) is 10.8 Å². The summed E-state index contributed by atoms with van der Waals surface area (Å²) in [6.45, 7) is 7.16. The van der Waals surface area contributed by atoms with Gasteiger partial charge in [-0.2, -0.15) is 0 Å². The molecule has 15 heavy (non-hydrogen) atoms.